The molecule has 9 heteroatoms. The molecule has 1 aliphatic rings. The maximum absolute atomic E-state index is 12.5. The number of aromatic nitrogens is 1. The summed E-state index contributed by atoms with van der Waals surface area (Å²) in [5.41, 5.74) is 3.73. The molecule has 0 spiro atoms. The van der Waals surface area contributed by atoms with Crippen molar-refractivity contribution in [2.24, 2.45) is 5.41 Å². The van der Waals surface area contributed by atoms with Crippen molar-refractivity contribution >= 4 is 18.0 Å². The van der Waals surface area contributed by atoms with Gasteiger partial charge in [-0.25, -0.2) is 4.79 Å². The lowest BCUT2D eigenvalue weighted by atomic mass is 9.87. The van der Waals surface area contributed by atoms with Crippen LogP contribution in [0.2, 0.25) is 0 Å². The van der Waals surface area contributed by atoms with Crippen molar-refractivity contribution < 1.29 is 28.8 Å². The van der Waals surface area contributed by atoms with Gasteiger partial charge in [0.25, 0.3) is 5.91 Å². The van der Waals surface area contributed by atoms with E-state index < -0.39 is 23.4 Å². The van der Waals surface area contributed by atoms with Gasteiger partial charge in [0.2, 0.25) is 0 Å². The predicted molar refractivity (Wildman–Crippen MR) is 127 cm³/mol. The molecule has 0 bridgehead atoms. The molecule has 0 saturated carbocycles. The number of hydrogen-bond acceptors (Lipinski definition) is 6. The quantitative estimate of drug-likeness (QED) is 0.425. The average Bonchev–Trinajstić information content (AvgIpc) is 3.47. The number of rotatable bonds is 9. The highest BCUT2D eigenvalue weighted by atomic mass is 16.5. The van der Waals surface area contributed by atoms with Gasteiger partial charge in [0, 0.05) is 12.5 Å². The van der Waals surface area contributed by atoms with E-state index in [4.69, 9.17) is 9.26 Å². The highest BCUT2D eigenvalue weighted by Gasteiger charge is 2.32. The van der Waals surface area contributed by atoms with E-state index in [-0.39, 0.29) is 36.9 Å². The van der Waals surface area contributed by atoms with Gasteiger partial charge in [-0.2, -0.15) is 0 Å². The number of alkyl carbamates (subject to hydrolysis) is 1. The maximum atomic E-state index is 12.5. The van der Waals surface area contributed by atoms with Gasteiger partial charge >= 0.3 is 12.1 Å². The molecule has 3 aromatic rings. The van der Waals surface area contributed by atoms with Gasteiger partial charge < -0.3 is 25.0 Å². The summed E-state index contributed by atoms with van der Waals surface area (Å²) in [6, 6.07) is 16.1. The first-order valence-corrected chi connectivity index (χ1v) is 11.4. The summed E-state index contributed by atoms with van der Waals surface area (Å²) in [5, 5.41) is 18.4. The minimum absolute atomic E-state index is 0.0535. The molecule has 1 unspecified atom stereocenters. The Hall–Kier alpha value is -4.14. The number of aliphatic carboxylic acids is 1. The number of hydrogen-bond donors (Lipinski definition) is 3. The molecule has 182 valence electrons. The number of carbonyl (C=O) groups is 3. The number of nitrogens with zero attached hydrogens (tertiary/aromatic N) is 1. The second kappa shape index (κ2) is 10.0. The van der Waals surface area contributed by atoms with Crippen molar-refractivity contribution in [3.8, 4) is 11.1 Å². The number of carbonyl (C=O) groups excluding carboxylic acids is 2. The Bertz CT molecular complexity index is 1210. The molecule has 3 N–H and O–H groups in total. The monoisotopic (exact) mass is 477 g/mol. The molecule has 1 heterocycles. The van der Waals surface area contributed by atoms with E-state index >= 15 is 0 Å². The van der Waals surface area contributed by atoms with E-state index in [0.29, 0.717) is 6.42 Å². The third-order valence-electron chi connectivity index (χ3n) is 6.57. The van der Waals surface area contributed by atoms with Gasteiger partial charge in [-0.05, 0) is 35.6 Å². The van der Waals surface area contributed by atoms with Crippen LogP contribution < -0.4 is 10.6 Å². The summed E-state index contributed by atoms with van der Waals surface area (Å²) >= 11 is 0. The zero-order valence-corrected chi connectivity index (χ0v) is 19.5. The molecule has 2 amide bonds. The Morgan fingerprint density at radius 1 is 1.06 bits per heavy atom. The van der Waals surface area contributed by atoms with Crippen LogP contribution in [-0.2, 0) is 16.1 Å². The molecule has 1 aromatic heterocycles. The Balaban J connectivity index is 1.33. The molecule has 4 rings (SSSR count). The van der Waals surface area contributed by atoms with E-state index in [2.05, 4.69) is 27.9 Å². The van der Waals surface area contributed by atoms with Crippen LogP contribution in [0.25, 0.3) is 11.1 Å². The Labute approximate surface area is 202 Å². The zero-order valence-electron chi connectivity index (χ0n) is 19.5. The van der Waals surface area contributed by atoms with E-state index in [0.717, 1.165) is 28.5 Å². The fraction of sp³-hybridized carbons (Fsp3) is 0.308. The maximum Gasteiger partial charge on any atom is 0.407 e. The minimum atomic E-state index is -1.09. The van der Waals surface area contributed by atoms with Gasteiger partial charge in [-0.1, -0.05) is 60.6 Å². The normalized spacial score (nSPS) is 13.9. The highest BCUT2D eigenvalue weighted by molar-refractivity contribution is 5.95. The van der Waals surface area contributed by atoms with Crippen LogP contribution in [-0.4, -0.2) is 41.4 Å². The topological polar surface area (TPSA) is 131 Å². The molecule has 1 aliphatic carbocycles. The van der Waals surface area contributed by atoms with Gasteiger partial charge in [0.1, 0.15) is 24.1 Å². The van der Waals surface area contributed by atoms with Crippen LogP contribution in [0.15, 0.2) is 59.3 Å². The molecule has 9 nitrogen and oxygen atoms in total. The molecular formula is C26H27N3O6. The molecule has 0 aliphatic heterocycles. The summed E-state index contributed by atoms with van der Waals surface area (Å²) in [4.78, 5) is 36.4. The largest absolute Gasteiger partial charge is 0.481 e. The zero-order chi connectivity index (χ0) is 25.0. The number of benzene rings is 2. The number of fused-ring (bicyclic) bond motifs is 3. The fourth-order valence-corrected chi connectivity index (χ4v) is 4.10. The average molecular weight is 478 g/mol. The first-order chi connectivity index (χ1) is 16.8. The third kappa shape index (κ3) is 4.89. The van der Waals surface area contributed by atoms with Crippen LogP contribution in [0, 0.1) is 5.41 Å². The van der Waals surface area contributed by atoms with Crippen molar-refractivity contribution in [2.75, 3.05) is 13.2 Å². The van der Waals surface area contributed by atoms with E-state index in [1.807, 2.05) is 36.4 Å². The lowest BCUT2D eigenvalue weighted by molar-refractivity contribution is -0.147. The van der Waals surface area contributed by atoms with Crippen molar-refractivity contribution in [2.45, 2.75) is 32.7 Å². The third-order valence-corrected chi connectivity index (χ3v) is 6.57. The summed E-state index contributed by atoms with van der Waals surface area (Å²) < 4.78 is 10.4. The summed E-state index contributed by atoms with van der Waals surface area (Å²) in [7, 11) is 0. The number of ether oxygens (including phenoxy) is 1. The second-order valence-corrected chi connectivity index (χ2v) is 8.76. The van der Waals surface area contributed by atoms with Crippen LogP contribution in [0.4, 0.5) is 4.79 Å². The first kappa shape index (κ1) is 24.0. The smallest absolute Gasteiger partial charge is 0.407 e. The Morgan fingerprint density at radius 3 is 2.29 bits per heavy atom. The minimum Gasteiger partial charge on any atom is -0.481 e. The summed E-state index contributed by atoms with van der Waals surface area (Å²) in [6.07, 6.45) is 0.863. The summed E-state index contributed by atoms with van der Waals surface area (Å²) in [5.74, 6) is -1.59. The van der Waals surface area contributed by atoms with Crippen LogP contribution in [0.1, 0.15) is 53.4 Å². The standard InChI is InChI=1S/C26H27N3O6/c1-3-26(2,24(31)32)15-28-23(30)21-14-35-29-22(21)12-27-25(33)34-13-20-18-10-6-4-8-16(18)17-9-5-7-11-19(17)20/h4-11,14,20H,3,12-13,15H2,1-2H3,(H,27,33)(H,28,30)(H,31,32). The summed E-state index contributed by atoms with van der Waals surface area (Å²) in [6.45, 7) is 3.32. The van der Waals surface area contributed by atoms with E-state index in [1.54, 1.807) is 13.8 Å². The second-order valence-electron chi connectivity index (χ2n) is 8.76. The molecule has 0 saturated heterocycles. The van der Waals surface area contributed by atoms with Crippen LogP contribution in [0.3, 0.4) is 0 Å². The van der Waals surface area contributed by atoms with Crippen molar-refractivity contribution in [3.63, 3.8) is 0 Å². The number of carboxylic acids is 1. The lowest BCUT2D eigenvalue weighted by Crippen LogP contribution is -2.40. The Morgan fingerprint density at radius 2 is 1.69 bits per heavy atom. The molecule has 1 atom stereocenters. The number of carboxylic acid groups (broad SMARTS) is 1. The first-order valence-electron chi connectivity index (χ1n) is 11.4. The van der Waals surface area contributed by atoms with Crippen LogP contribution in [0.5, 0.6) is 0 Å². The fourth-order valence-electron chi connectivity index (χ4n) is 4.10. The molecule has 35 heavy (non-hydrogen) atoms. The van der Waals surface area contributed by atoms with E-state index in [1.165, 1.54) is 0 Å². The van der Waals surface area contributed by atoms with Gasteiger partial charge in [0.15, 0.2) is 0 Å². The van der Waals surface area contributed by atoms with E-state index in [9.17, 15) is 19.5 Å². The number of nitrogens with one attached hydrogen (secondary N) is 2. The van der Waals surface area contributed by atoms with Crippen molar-refractivity contribution in [1.29, 1.82) is 0 Å². The molecule has 0 fully saturated rings. The lowest BCUT2D eigenvalue weighted by Gasteiger charge is -2.23. The van der Waals surface area contributed by atoms with Gasteiger partial charge in [-0.15, -0.1) is 0 Å². The molecule has 2 aromatic carbocycles. The molecular weight excluding hydrogens is 450 g/mol. The SMILES string of the molecule is CCC(C)(CNC(=O)c1conc1CNC(=O)OCC1c2ccccc2-c2ccccc21)C(=O)O. The molecule has 0 radical (unpaired) electrons. The predicted octanol–water partition coefficient (Wildman–Crippen LogP) is 3.94. The Kier molecular flexibility index (Phi) is 6.86. The van der Waals surface area contributed by atoms with Gasteiger partial charge in [0.05, 0.1) is 12.0 Å². The number of amides is 2. The van der Waals surface area contributed by atoms with Gasteiger partial charge in [-0.3, -0.25) is 9.59 Å². The van der Waals surface area contributed by atoms with Crippen LogP contribution >= 0.6 is 0 Å². The van der Waals surface area contributed by atoms with Crippen molar-refractivity contribution in [1.82, 2.24) is 15.8 Å². The highest BCUT2D eigenvalue weighted by Crippen LogP contribution is 2.44. The van der Waals surface area contributed by atoms with Crippen molar-refractivity contribution in [3.05, 3.63) is 77.2 Å².